The molecule has 1 aromatic heterocycles. The summed E-state index contributed by atoms with van der Waals surface area (Å²) >= 11 is 0. The van der Waals surface area contributed by atoms with E-state index in [0.717, 1.165) is 18.5 Å². The molecule has 2 nitrogen and oxygen atoms in total. The zero-order valence-electron chi connectivity index (χ0n) is 6.54. The first-order chi connectivity index (χ1) is 5.38. The van der Waals surface area contributed by atoms with E-state index in [1.165, 1.54) is 11.3 Å². The van der Waals surface area contributed by atoms with Gasteiger partial charge in [0.15, 0.2) is 0 Å². The monoisotopic (exact) mass is 146 g/mol. The van der Waals surface area contributed by atoms with Gasteiger partial charge in [-0.15, -0.1) is 0 Å². The molecule has 0 N–H and O–H groups in total. The number of aryl methyl sites for hydroxylation is 2. The van der Waals surface area contributed by atoms with Crippen molar-refractivity contribution in [1.82, 2.24) is 9.97 Å². The maximum Gasteiger partial charge on any atom is 0.115 e. The second-order valence-corrected chi connectivity index (χ2v) is 2.76. The molecule has 0 radical (unpaired) electrons. The minimum atomic E-state index is 1.06. The van der Waals surface area contributed by atoms with Crippen LogP contribution in [0.15, 0.2) is 12.4 Å². The summed E-state index contributed by atoms with van der Waals surface area (Å²) in [6, 6.07) is 0. The van der Waals surface area contributed by atoms with Gasteiger partial charge in [-0.05, 0) is 19.8 Å². The number of nitrogens with zero attached hydrogens (tertiary/aromatic N) is 2. The molecule has 0 aromatic carbocycles. The van der Waals surface area contributed by atoms with E-state index in [9.17, 15) is 0 Å². The van der Waals surface area contributed by atoms with Gasteiger partial charge in [-0.25, -0.2) is 9.97 Å². The first-order valence-corrected chi connectivity index (χ1v) is 3.85. The van der Waals surface area contributed by atoms with Crippen LogP contribution in [-0.4, -0.2) is 9.97 Å². The normalized spacial score (nSPS) is 14.6. The second-order valence-electron chi connectivity index (χ2n) is 2.76. The predicted molar refractivity (Wildman–Crippen MR) is 44.1 cm³/mol. The predicted octanol–water partition coefficient (Wildman–Crippen LogP) is 1.74. The summed E-state index contributed by atoms with van der Waals surface area (Å²) in [6.07, 6.45) is 8.12. The molecule has 0 aliphatic heterocycles. The van der Waals surface area contributed by atoms with Crippen LogP contribution in [0, 0.1) is 6.92 Å². The van der Waals surface area contributed by atoms with Crippen LogP contribution >= 0.6 is 0 Å². The van der Waals surface area contributed by atoms with E-state index >= 15 is 0 Å². The average Bonchev–Trinajstić information content (AvgIpc) is 2.06. The molecule has 0 saturated carbocycles. The zero-order valence-corrected chi connectivity index (χ0v) is 6.54. The van der Waals surface area contributed by atoms with E-state index in [1.54, 1.807) is 6.33 Å². The van der Waals surface area contributed by atoms with E-state index in [0.29, 0.717) is 0 Å². The Balaban J connectivity index is 2.60. The van der Waals surface area contributed by atoms with Crippen molar-refractivity contribution in [3.05, 3.63) is 29.4 Å². The van der Waals surface area contributed by atoms with E-state index in [2.05, 4.69) is 22.1 Å². The Labute approximate surface area is 66.0 Å². The van der Waals surface area contributed by atoms with Crippen LogP contribution in [0.1, 0.15) is 23.4 Å². The Kier molecular flexibility index (Phi) is 1.46. The third kappa shape index (κ3) is 1.04. The molecule has 1 aliphatic rings. The van der Waals surface area contributed by atoms with Crippen LogP contribution in [-0.2, 0) is 6.42 Å². The van der Waals surface area contributed by atoms with Crippen LogP contribution in [0.3, 0.4) is 0 Å². The Hall–Kier alpha value is -1.18. The van der Waals surface area contributed by atoms with Gasteiger partial charge in [-0.2, -0.15) is 0 Å². The lowest BCUT2D eigenvalue weighted by molar-refractivity contribution is 0.895. The van der Waals surface area contributed by atoms with Gasteiger partial charge in [0, 0.05) is 11.3 Å². The molecule has 0 spiro atoms. The van der Waals surface area contributed by atoms with Crippen molar-refractivity contribution in [3.8, 4) is 0 Å². The van der Waals surface area contributed by atoms with Crippen molar-refractivity contribution >= 4 is 6.08 Å². The van der Waals surface area contributed by atoms with Crippen molar-refractivity contribution in [2.24, 2.45) is 0 Å². The molecular weight excluding hydrogens is 136 g/mol. The Bertz CT molecular complexity index is 302. The van der Waals surface area contributed by atoms with Gasteiger partial charge in [0.2, 0.25) is 0 Å². The number of fused-ring (bicyclic) bond motifs is 1. The van der Waals surface area contributed by atoms with Crippen LogP contribution < -0.4 is 0 Å². The molecule has 0 bridgehead atoms. The summed E-state index contributed by atoms with van der Waals surface area (Å²) in [5.74, 6) is 0. The number of rotatable bonds is 0. The third-order valence-corrected chi connectivity index (χ3v) is 2.00. The number of hydrogen-bond donors (Lipinski definition) is 0. The van der Waals surface area contributed by atoms with Gasteiger partial charge in [-0.3, -0.25) is 0 Å². The molecule has 1 aromatic rings. The second kappa shape index (κ2) is 2.46. The molecule has 0 saturated heterocycles. The summed E-state index contributed by atoms with van der Waals surface area (Å²) in [4.78, 5) is 8.35. The smallest absolute Gasteiger partial charge is 0.115 e. The van der Waals surface area contributed by atoms with Crippen LogP contribution in [0.5, 0.6) is 0 Å². The lowest BCUT2D eigenvalue weighted by Gasteiger charge is -2.09. The zero-order chi connectivity index (χ0) is 7.68. The highest BCUT2D eigenvalue weighted by Gasteiger charge is 2.07. The van der Waals surface area contributed by atoms with Gasteiger partial charge >= 0.3 is 0 Å². The topological polar surface area (TPSA) is 25.8 Å². The fourth-order valence-electron chi connectivity index (χ4n) is 1.37. The van der Waals surface area contributed by atoms with Gasteiger partial charge in [0.05, 0.1) is 5.69 Å². The first kappa shape index (κ1) is 6.53. The quantitative estimate of drug-likeness (QED) is 0.557. The Morgan fingerprint density at radius 1 is 1.36 bits per heavy atom. The van der Waals surface area contributed by atoms with E-state index < -0.39 is 0 Å². The molecular formula is C9H10N2. The van der Waals surface area contributed by atoms with Crippen LogP contribution in [0.2, 0.25) is 0 Å². The van der Waals surface area contributed by atoms with Gasteiger partial charge < -0.3 is 0 Å². The SMILES string of the molecule is Cc1ncnc2c1C=CCC2. The van der Waals surface area contributed by atoms with Gasteiger partial charge in [0.25, 0.3) is 0 Å². The molecule has 11 heavy (non-hydrogen) atoms. The maximum atomic E-state index is 4.22. The first-order valence-electron chi connectivity index (χ1n) is 3.85. The van der Waals surface area contributed by atoms with Crippen LogP contribution in [0.25, 0.3) is 6.08 Å². The summed E-state index contributed by atoms with van der Waals surface area (Å²) < 4.78 is 0. The summed E-state index contributed by atoms with van der Waals surface area (Å²) in [6.45, 7) is 2.02. The number of aromatic nitrogens is 2. The van der Waals surface area contributed by atoms with Crippen molar-refractivity contribution in [2.45, 2.75) is 19.8 Å². The average molecular weight is 146 g/mol. The van der Waals surface area contributed by atoms with Gasteiger partial charge in [0.1, 0.15) is 6.33 Å². The Morgan fingerprint density at radius 3 is 3.09 bits per heavy atom. The molecule has 1 heterocycles. The molecule has 0 fully saturated rings. The van der Waals surface area contributed by atoms with E-state index in [4.69, 9.17) is 0 Å². The number of hydrogen-bond acceptors (Lipinski definition) is 2. The lowest BCUT2D eigenvalue weighted by Crippen LogP contribution is -2.01. The molecule has 2 heteroatoms. The van der Waals surface area contributed by atoms with Crippen molar-refractivity contribution in [1.29, 1.82) is 0 Å². The molecule has 0 unspecified atom stereocenters. The fraction of sp³-hybridized carbons (Fsp3) is 0.333. The standard InChI is InChI=1S/C9H10N2/c1-7-8-4-2-3-5-9(8)11-6-10-7/h2,4,6H,3,5H2,1H3. The minimum absolute atomic E-state index is 1.06. The highest BCUT2D eigenvalue weighted by Crippen LogP contribution is 2.17. The van der Waals surface area contributed by atoms with Gasteiger partial charge in [-0.1, -0.05) is 12.2 Å². The summed E-state index contributed by atoms with van der Waals surface area (Å²) in [5.41, 5.74) is 3.50. The third-order valence-electron chi connectivity index (χ3n) is 2.00. The highest BCUT2D eigenvalue weighted by atomic mass is 14.8. The van der Waals surface area contributed by atoms with E-state index in [1.807, 2.05) is 6.92 Å². The Morgan fingerprint density at radius 2 is 2.27 bits per heavy atom. The largest absolute Gasteiger partial charge is 0.241 e. The van der Waals surface area contributed by atoms with Crippen molar-refractivity contribution in [3.63, 3.8) is 0 Å². The van der Waals surface area contributed by atoms with Crippen molar-refractivity contribution in [2.75, 3.05) is 0 Å². The molecule has 0 atom stereocenters. The summed E-state index contributed by atoms with van der Waals surface area (Å²) in [7, 11) is 0. The molecule has 56 valence electrons. The fourth-order valence-corrected chi connectivity index (χ4v) is 1.37. The number of allylic oxidation sites excluding steroid dienone is 1. The molecule has 2 rings (SSSR count). The molecule has 0 amide bonds. The summed E-state index contributed by atoms with van der Waals surface area (Å²) in [5, 5.41) is 0. The maximum absolute atomic E-state index is 4.22. The minimum Gasteiger partial charge on any atom is -0.241 e. The molecule has 1 aliphatic carbocycles. The van der Waals surface area contributed by atoms with Crippen molar-refractivity contribution < 1.29 is 0 Å². The lowest BCUT2D eigenvalue weighted by atomic mass is 10.0. The van der Waals surface area contributed by atoms with Crippen LogP contribution in [0.4, 0.5) is 0 Å². The highest BCUT2D eigenvalue weighted by molar-refractivity contribution is 5.55. The van der Waals surface area contributed by atoms with E-state index in [-0.39, 0.29) is 0 Å².